The first-order valence-electron chi connectivity index (χ1n) is 6.49. The lowest BCUT2D eigenvalue weighted by Gasteiger charge is -2.26. The number of hydrogen-bond donors (Lipinski definition) is 0. The zero-order valence-corrected chi connectivity index (χ0v) is 10.6. The van der Waals surface area contributed by atoms with Crippen LogP contribution in [0.4, 0.5) is 0 Å². The van der Waals surface area contributed by atoms with Crippen LogP contribution >= 0.6 is 0 Å². The van der Waals surface area contributed by atoms with Gasteiger partial charge in [0, 0.05) is 18.4 Å². The molecule has 0 amide bonds. The fraction of sp³-hybridized carbons (Fsp3) is 0.333. The molecule has 0 bridgehead atoms. The van der Waals surface area contributed by atoms with Gasteiger partial charge in [-0.1, -0.05) is 18.2 Å². The van der Waals surface area contributed by atoms with E-state index in [0.29, 0.717) is 0 Å². The summed E-state index contributed by atoms with van der Waals surface area (Å²) in [5, 5.41) is 13.5. The molecule has 2 aromatic rings. The van der Waals surface area contributed by atoms with Crippen molar-refractivity contribution in [1.82, 2.24) is 9.78 Å². The molecule has 0 aliphatic carbocycles. The second-order valence-corrected chi connectivity index (χ2v) is 4.72. The summed E-state index contributed by atoms with van der Waals surface area (Å²) in [6.07, 6.45) is 5.47. The fourth-order valence-corrected chi connectivity index (χ4v) is 2.45. The minimum Gasteiger partial charge on any atom is -0.372 e. The molecule has 1 aliphatic rings. The maximum atomic E-state index is 9.19. The highest BCUT2D eigenvalue weighted by Gasteiger charge is 2.28. The minimum absolute atomic E-state index is 0.0674. The van der Waals surface area contributed by atoms with Crippen LogP contribution in [-0.2, 0) is 4.74 Å². The molecule has 3 rings (SSSR count). The molecule has 1 fully saturated rings. The van der Waals surface area contributed by atoms with Crippen molar-refractivity contribution in [2.75, 3.05) is 6.61 Å². The summed E-state index contributed by atoms with van der Waals surface area (Å²) < 4.78 is 7.56. The molecule has 2 unspecified atom stereocenters. The van der Waals surface area contributed by atoms with Crippen molar-refractivity contribution in [2.45, 2.75) is 18.9 Å². The van der Waals surface area contributed by atoms with E-state index in [-0.39, 0.29) is 12.0 Å². The lowest BCUT2D eigenvalue weighted by atomic mass is 9.92. The van der Waals surface area contributed by atoms with Crippen molar-refractivity contribution in [3.63, 3.8) is 0 Å². The fourth-order valence-electron chi connectivity index (χ4n) is 2.45. The third-order valence-corrected chi connectivity index (χ3v) is 3.44. The van der Waals surface area contributed by atoms with E-state index in [2.05, 4.69) is 11.2 Å². The average Bonchev–Trinajstić information content (AvgIpc) is 2.98. The van der Waals surface area contributed by atoms with Crippen LogP contribution < -0.4 is 0 Å². The van der Waals surface area contributed by atoms with Gasteiger partial charge < -0.3 is 4.74 Å². The van der Waals surface area contributed by atoms with Crippen molar-refractivity contribution in [3.05, 3.63) is 48.3 Å². The van der Waals surface area contributed by atoms with Crippen LogP contribution in [0.5, 0.6) is 0 Å². The van der Waals surface area contributed by atoms with Crippen molar-refractivity contribution >= 4 is 0 Å². The van der Waals surface area contributed by atoms with Gasteiger partial charge in [0.05, 0.1) is 23.9 Å². The molecule has 0 saturated carbocycles. The van der Waals surface area contributed by atoms with Crippen molar-refractivity contribution in [1.29, 1.82) is 5.26 Å². The second kappa shape index (κ2) is 5.25. The Morgan fingerprint density at radius 1 is 1.32 bits per heavy atom. The molecule has 0 N–H and O–H groups in total. The maximum absolute atomic E-state index is 9.19. The molecule has 2 heterocycles. The first-order valence-corrected chi connectivity index (χ1v) is 6.49. The normalized spacial score (nSPS) is 22.9. The lowest BCUT2D eigenvalue weighted by molar-refractivity contribution is -0.0101. The Bertz CT molecular complexity index is 585. The van der Waals surface area contributed by atoms with Crippen LogP contribution in [0.15, 0.2) is 42.7 Å². The van der Waals surface area contributed by atoms with Gasteiger partial charge in [-0.25, -0.2) is 4.68 Å². The molecule has 19 heavy (non-hydrogen) atoms. The molecule has 1 aromatic carbocycles. The van der Waals surface area contributed by atoms with Gasteiger partial charge in [-0.15, -0.1) is 0 Å². The zero-order valence-electron chi connectivity index (χ0n) is 10.6. The highest BCUT2D eigenvalue weighted by Crippen LogP contribution is 2.33. The topological polar surface area (TPSA) is 50.8 Å². The third-order valence-electron chi connectivity index (χ3n) is 3.44. The van der Waals surface area contributed by atoms with Crippen molar-refractivity contribution in [3.8, 4) is 11.8 Å². The monoisotopic (exact) mass is 253 g/mol. The molecule has 0 spiro atoms. The molecular weight excluding hydrogens is 238 g/mol. The molecular formula is C15H15N3O. The van der Waals surface area contributed by atoms with Crippen molar-refractivity contribution in [2.24, 2.45) is 5.92 Å². The number of nitriles is 1. The van der Waals surface area contributed by atoms with Gasteiger partial charge in [0.2, 0.25) is 0 Å². The van der Waals surface area contributed by atoms with E-state index in [1.807, 2.05) is 41.2 Å². The van der Waals surface area contributed by atoms with Crippen LogP contribution in [0.2, 0.25) is 0 Å². The van der Waals surface area contributed by atoms with Gasteiger partial charge >= 0.3 is 0 Å². The lowest BCUT2D eigenvalue weighted by Crippen LogP contribution is -2.20. The van der Waals surface area contributed by atoms with Crippen LogP contribution in [0.1, 0.15) is 24.5 Å². The van der Waals surface area contributed by atoms with Crippen LogP contribution in [0.3, 0.4) is 0 Å². The summed E-state index contributed by atoms with van der Waals surface area (Å²) in [4.78, 5) is 0. The summed E-state index contributed by atoms with van der Waals surface area (Å²) in [5.41, 5.74) is 1.99. The quantitative estimate of drug-likeness (QED) is 0.827. The third kappa shape index (κ3) is 2.38. The van der Waals surface area contributed by atoms with Crippen LogP contribution in [0.25, 0.3) is 5.69 Å². The Hall–Kier alpha value is -2.12. The number of ether oxygens (including phenoxy) is 1. The molecule has 4 nitrogen and oxygen atoms in total. The molecule has 1 aliphatic heterocycles. The van der Waals surface area contributed by atoms with E-state index in [4.69, 9.17) is 4.74 Å². The number of benzene rings is 1. The van der Waals surface area contributed by atoms with Gasteiger partial charge in [0.1, 0.15) is 6.10 Å². The number of aromatic nitrogens is 2. The SMILES string of the molecule is N#CC1CCCOC1c1cnn(-c2ccccc2)c1. The van der Waals surface area contributed by atoms with E-state index >= 15 is 0 Å². The maximum Gasteiger partial charge on any atom is 0.101 e. The Kier molecular flexibility index (Phi) is 3.30. The van der Waals surface area contributed by atoms with E-state index < -0.39 is 0 Å². The van der Waals surface area contributed by atoms with Gasteiger partial charge in [0.25, 0.3) is 0 Å². The first-order chi connectivity index (χ1) is 9.38. The highest BCUT2D eigenvalue weighted by atomic mass is 16.5. The van der Waals surface area contributed by atoms with Crippen molar-refractivity contribution < 1.29 is 4.74 Å². The standard InChI is InChI=1S/C15H15N3O/c16-9-12-5-4-8-19-15(12)13-10-17-18(11-13)14-6-2-1-3-7-14/h1-3,6-7,10-12,15H,4-5,8H2. The molecule has 1 aromatic heterocycles. The number of para-hydroxylation sites is 1. The Morgan fingerprint density at radius 2 is 2.16 bits per heavy atom. The molecule has 4 heteroatoms. The van der Waals surface area contributed by atoms with Crippen LogP contribution in [0, 0.1) is 17.2 Å². The largest absolute Gasteiger partial charge is 0.372 e. The van der Waals surface area contributed by atoms with E-state index in [9.17, 15) is 5.26 Å². The van der Waals surface area contributed by atoms with Gasteiger partial charge in [-0.3, -0.25) is 0 Å². The summed E-state index contributed by atoms with van der Waals surface area (Å²) in [6.45, 7) is 0.722. The summed E-state index contributed by atoms with van der Waals surface area (Å²) in [7, 11) is 0. The predicted octanol–water partition coefficient (Wildman–Crippen LogP) is 2.86. The first kappa shape index (κ1) is 11.9. The van der Waals surface area contributed by atoms with E-state index in [1.54, 1.807) is 6.20 Å². The molecule has 96 valence electrons. The Morgan fingerprint density at radius 3 is 2.95 bits per heavy atom. The smallest absolute Gasteiger partial charge is 0.101 e. The van der Waals surface area contributed by atoms with Gasteiger partial charge in [0.15, 0.2) is 0 Å². The van der Waals surface area contributed by atoms with Crippen LogP contribution in [-0.4, -0.2) is 16.4 Å². The second-order valence-electron chi connectivity index (χ2n) is 4.72. The average molecular weight is 253 g/mol. The van der Waals surface area contributed by atoms with Gasteiger partial charge in [-0.2, -0.15) is 10.4 Å². The minimum atomic E-state index is -0.142. The molecule has 0 radical (unpaired) electrons. The molecule has 2 atom stereocenters. The number of hydrogen-bond acceptors (Lipinski definition) is 3. The Labute approximate surface area is 112 Å². The summed E-state index contributed by atoms with van der Waals surface area (Å²) in [5.74, 6) is -0.0674. The Balaban J connectivity index is 1.87. The number of nitrogens with zero attached hydrogens (tertiary/aromatic N) is 3. The van der Waals surface area contributed by atoms with Gasteiger partial charge in [-0.05, 0) is 25.0 Å². The zero-order chi connectivity index (χ0) is 13.1. The van der Waals surface area contributed by atoms with E-state index in [1.165, 1.54) is 0 Å². The van der Waals surface area contributed by atoms with E-state index in [0.717, 1.165) is 30.7 Å². The predicted molar refractivity (Wildman–Crippen MR) is 70.6 cm³/mol. The molecule has 1 saturated heterocycles. The summed E-state index contributed by atoms with van der Waals surface area (Å²) >= 11 is 0. The highest BCUT2D eigenvalue weighted by molar-refractivity contribution is 5.31. The number of rotatable bonds is 2. The summed E-state index contributed by atoms with van der Waals surface area (Å²) in [6, 6.07) is 12.3.